The van der Waals surface area contributed by atoms with Crippen LogP contribution in [0.5, 0.6) is 0 Å². The second-order valence-corrected chi connectivity index (χ2v) is 4.81. The lowest BCUT2D eigenvalue weighted by Gasteiger charge is -2.32. The molecule has 1 N–H and O–H groups in total. The highest BCUT2D eigenvalue weighted by Gasteiger charge is 2.26. The van der Waals surface area contributed by atoms with Crippen molar-refractivity contribution >= 4 is 29.1 Å². The Morgan fingerprint density at radius 1 is 1.50 bits per heavy atom. The molecule has 1 heterocycles. The lowest BCUT2D eigenvalue weighted by molar-refractivity contribution is -0.0447. The second kappa shape index (κ2) is 5.89. The maximum absolute atomic E-state index is 12.3. The average Bonchev–Trinajstić information content (AvgIpc) is 2.41. The topological polar surface area (TPSA) is 49.8 Å². The fraction of sp³-hybridized carbons (Fsp3) is 0.417. The molecule has 1 saturated heterocycles. The van der Waals surface area contributed by atoms with E-state index in [0.717, 1.165) is 0 Å². The van der Waals surface area contributed by atoms with E-state index in [-0.39, 0.29) is 23.6 Å². The van der Waals surface area contributed by atoms with Gasteiger partial charge in [0, 0.05) is 13.1 Å². The first-order valence-corrected chi connectivity index (χ1v) is 6.35. The molecule has 0 radical (unpaired) electrons. The van der Waals surface area contributed by atoms with Crippen molar-refractivity contribution in [2.45, 2.75) is 6.10 Å². The summed E-state index contributed by atoms with van der Waals surface area (Å²) in [4.78, 5) is 13.9. The number of halogens is 2. The predicted octanol–water partition coefficient (Wildman–Crippen LogP) is 1.83. The number of benzene rings is 1. The minimum absolute atomic E-state index is 0.104. The average molecular weight is 290 g/mol. The summed E-state index contributed by atoms with van der Waals surface area (Å²) in [6.45, 7) is 1.15. The zero-order chi connectivity index (χ0) is 13.1. The Morgan fingerprint density at radius 2 is 2.28 bits per heavy atom. The van der Waals surface area contributed by atoms with Gasteiger partial charge in [0.2, 0.25) is 0 Å². The lowest BCUT2D eigenvalue weighted by Crippen LogP contribution is -2.47. The third-order valence-electron chi connectivity index (χ3n) is 2.81. The summed E-state index contributed by atoms with van der Waals surface area (Å²) in [7, 11) is 0. The van der Waals surface area contributed by atoms with Gasteiger partial charge in [0.05, 0.1) is 34.9 Å². The molecule has 0 aromatic heterocycles. The van der Waals surface area contributed by atoms with Crippen molar-refractivity contribution in [3.8, 4) is 0 Å². The SMILES string of the molecule is O=C(c1cccc(Cl)c1Cl)N1CCOC(CO)C1. The van der Waals surface area contributed by atoms with Crippen LogP contribution in [-0.4, -0.2) is 48.3 Å². The molecular formula is C12H13Cl2NO3. The summed E-state index contributed by atoms with van der Waals surface area (Å²) in [6.07, 6.45) is -0.333. The molecule has 1 fully saturated rings. The normalized spacial score (nSPS) is 19.9. The van der Waals surface area contributed by atoms with E-state index in [1.807, 2.05) is 0 Å². The Bertz CT molecular complexity index is 453. The van der Waals surface area contributed by atoms with Crippen molar-refractivity contribution in [3.63, 3.8) is 0 Å². The Hall–Kier alpha value is -0.810. The van der Waals surface area contributed by atoms with Crippen LogP contribution in [-0.2, 0) is 4.74 Å². The van der Waals surface area contributed by atoms with Gasteiger partial charge in [-0.25, -0.2) is 0 Å². The van der Waals surface area contributed by atoms with E-state index in [4.69, 9.17) is 33.0 Å². The number of morpholine rings is 1. The first-order valence-electron chi connectivity index (χ1n) is 5.59. The minimum Gasteiger partial charge on any atom is -0.394 e. The molecule has 1 atom stereocenters. The summed E-state index contributed by atoms with van der Waals surface area (Å²) < 4.78 is 5.29. The first-order chi connectivity index (χ1) is 8.63. The molecule has 1 amide bonds. The van der Waals surface area contributed by atoms with E-state index < -0.39 is 0 Å². The van der Waals surface area contributed by atoms with Crippen molar-refractivity contribution in [2.75, 3.05) is 26.3 Å². The largest absolute Gasteiger partial charge is 0.394 e. The Morgan fingerprint density at radius 3 is 3.00 bits per heavy atom. The molecule has 0 spiro atoms. The fourth-order valence-electron chi connectivity index (χ4n) is 1.85. The first kappa shape index (κ1) is 13.6. The number of rotatable bonds is 2. The zero-order valence-corrected chi connectivity index (χ0v) is 11.1. The number of carbonyl (C=O) groups is 1. The Kier molecular flexibility index (Phi) is 4.45. The van der Waals surface area contributed by atoms with Crippen LogP contribution in [0, 0.1) is 0 Å². The van der Waals surface area contributed by atoms with Crippen LogP contribution in [0.1, 0.15) is 10.4 Å². The monoisotopic (exact) mass is 289 g/mol. The van der Waals surface area contributed by atoms with Gasteiger partial charge in [-0.2, -0.15) is 0 Å². The van der Waals surface area contributed by atoms with Crippen LogP contribution in [0.4, 0.5) is 0 Å². The second-order valence-electron chi connectivity index (χ2n) is 4.03. The Balaban J connectivity index is 2.18. The number of amides is 1. The van der Waals surface area contributed by atoms with E-state index in [1.165, 1.54) is 0 Å². The van der Waals surface area contributed by atoms with Gasteiger partial charge in [-0.15, -0.1) is 0 Å². The van der Waals surface area contributed by atoms with Gasteiger partial charge in [-0.3, -0.25) is 4.79 Å². The molecule has 2 rings (SSSR count). The zero-order valence-electron chi connectivity index (χ0n) is 9.60. The van der Waals surface area contributed by atoms with Gasteiger partial charge in [0.15, 0.2) is 0 Å². The van der Waals surface area contributed by atoms with Crippen molar-refractivity contribution in [1.29, 1.82) is 0 Å². The van der Waals surface area contributed by atoms with Crippen molar-refractivity contribution < 1.29 is 14.6 Å². The molecule has 0 bridgehead atoms. The van der Waals surface area contributed by atoms with Gasteiger partial charge in [-0.1, -0.05) is 29.3 Å². The number of hydrogen-bond donors (Lipinski definition) is 1. The van der Waals surface area contributed by atoms with Crippen LogP contribution in [0.3, 0.4) is 0 Å². The quantitative estimate of drug-likeness (QED) is 0.904. The van der Waals surface area contributed by atoms with Gasteiger partial charge in [0.25, 0.3) is 5.91 Å². The number of ether oxygens (including phenoxy) is 1. The number of aliphatic hydroxyl groups is 1. The van der Waals surface area contributed by atoms with Gasteiger partial charge < -0.3 is 14.7 Å². The predicted molar refractivity (Wildman–Crippen MR) is 69.2 cm³/mol. The van der Waals surface area contributed by atoms with Crippen molar-refractivity contribution in [2.24, 2.45) is 0 Å². The molecule has 0 aliphatic carbocycles. The van der Waals surface area contributed by atoms with E-state index >= 15 is 0 Å². The molecule has 1 unspecified atom stereocenters. The standard InChI is InChI=1S/C12H13Cl2NO3/c13-10-3-1-2-9(11(10)14)12(17)15-4-5-18-8(6-15)7-16/h1-3,8,16H,4-7H2. The van der Waals surface area contributed by atoms with Crippen molar-refractivity contribution in [3.05, 3.63) is 33.8 Å². The fourth-order valence-corrected chi connectivity index (χ4v) is 2.23. The molecule has 6 heteroatoms. The molecule has 98 valence electrons. The van der Waals surface area contributed by atoms with Crippen LogP contribution in [0.15, 0.2) is 18.2 Å². The number of carbonyl (C=O) groups excluding carboxylic acids is 1. The van der Waals surface area contributed by atoms with Gasteiger partial charge in [0.1, 0.15) is 0 Å². The molecule has 0 saturated carbocycles. The van der Waals surface area contributed by atoms with Crippen LogP contribution < -0.4 is 0 Å². The third kappa shape index (κ3) is 2.78. The number of aliphatic hydroxyl groups excluding tert-OH is 1. The molecule has 18 heavy (non-hydrogen) atoms. The summed E-state index contributed by atoms with van der Waals surface area (Å²) in [5, 5.41) is 9.67. The Labute approximate surface area is 115 Å². The lowest BCUT2D eigenvalue weighted by atomic mass is 10.1. The minimum atomic E-state index is -0.333. The van der Waals surface area contributed by atoms with Crippen LogP contribution in [0.25, 0.3) is 0 Å². The maximum Gasteiger partial charge on any atom is 0.255 e. The summed E-state index contributed by atoms with van der Waals surface area (Å²) in [5.41, 5.74) is 0.378. The summed E-state index contributed by atoms with van der Waals surface area (Å²) in [5.74, 6) is -0.191. The van der Waals surface area contributed by atoms with Crippen molar-refractivity contribution in [1.82, 2.24) is 4.90 Å². The van der Waals surface area contributed by atoms with Gasteiger partial charge >= 0.3 is 0 Å². The highest BCUT2D eigenvalue weighted by Crippen LogP contribution is 2.26. The third-order valence-corrected chi connectivity index (χ3v) is 3.63. The molecule has 4 nitrogen and oxygen atoms in total. The molecular weight excluding hydrogens is 277 g/mol. The van der Waals surface area contributed by atoms with Crippen LogP contribution >= 0.6 is 23.2 Å². The van der Waals surface area contributed by atoms with E-state index in [9.17, 15) is 4.79 Å². The maximum atomic E-state index is 12.3. The summed E-state index contributed by atoms with van der Waals surface area (Å²) in [6, 6.07) is 4.96. The number of hydrogen-bond acceptors (Lipinski definition) is 3. The highest BCUT2D eigenvalue weighted by molar-refractivity contribution is 6.43. The molecule has 1 aliphatic heterocycles. The van der Waals surface area contributed by atoms with Gasteiger partial charge in [-0.05, 0) is 12.1 Å². The van der Waals surface area contributed by atoms with E-state index in [1.54, 1.807) is 23.1 Å². The van der Waals surface area contributed by atoms with E-state index in [0.29, 0.717) is 30.3 Å². The molecule has 1 aromatic rings. The smallest absolute Gasteiger partial charge is 0.255 e. The van der Waals surface area contributed by atoms with E-state index in [2.05, 4.69) is 0 Å². The molecule has 1 aliphatic rings. The number of nitrogens with zero attached hydrogens (tertiary/aromatic N) is 1. The highest BCUT2D eigenvalue weighted by atomic mass is 35.5. The van der Waals surface area contributed by atoms with Crippen LogP contribution in [0.2, 0.25) is 10.0 Å². The summed E-state index contributed by atoms with van der Waals surface area (Å²) >= 11 is 11.9. The molecule has 1 aromatic carbocycles.